The standard InChI is InChI=1S/C16H9NO6/c18-13(17-12-4-2-1-3-10(12)14(19)20)8-5-6-9-11(7-8)16(22)23-15(9)21/h1-7H,(H,17,18)(H,19,20). The van der Waals surface area contributed by atoms with Crippen molar-refractivity contribution in [3.05, 3.63) is 64.7 Å². The average molecular weight is 311 g/mol. The molecule has 0 spiro atoms. The fraction of sp³-hybridized carbons (Fsp3) is 0. The Morgan fingerprint density at radius 1 is 0.957 bits per heavy atom. The maximum absolute atomic E-state index is 12.2. The maximum atomic E-state index is 12.2. The van der Waals surface area contributed by atoms with E-state index in [4.69, 9.17) is 5.11 Å². The Kier molecular flexibility index (Phi) is 3.38. The van der Waals surface area contributed by atoms with E-state index in [0.717, 1.165) is 0 Å². The van der Waals surface area contributed by atoms with Crippen molar-refractivity contribution >= 4 is 29.5 Å². The summed E-state index contributed by atoms with van der Waals surface area (Å²) in [5, 5.41) is 11.6. The first-order valence-electron chi connectivity index (χ1n) is 6.51. The largest absolute Gasteiger partial charge is 0.478 e. The van der Waals surface area contributed by atoms with Crippen molar-refractivity contribution in [2.24, 2.45) is 0 Å². The zero-order valence-corrected chi connectivity index (χ0v) is 11.5. The molecule has 1 amide bonds. The van der Waals surface area contributed by atoms with Crippen LogP contribution in [0.15, 0.2) is 42.5 Å². The fourth-order valence-corrected chi connectivity index (χ4v) is 2.20. The third-order valence-corrected chi connectivity index (χ3v) is 3.31. The molecule has 1 heterocycles. The molecule has 2 N–H and O–H groups in total. The molecule has 0 saturated heterocycles. The van der Waals surface area contributed by atoms with E-state index in [0.29, 0.717) is 0 Å². The number of carbonyl (C=O) groups is 4. The minimum absolute atomic E-state index is 0.00849. The Hall–Kier alpha value is -3.48. The Morgan fingerprint density at radius 2 is 1.65 bits per heavy atom. The smallest absolute Gasteiger partial charge is 0.346 e. The van der Waals surface area contributed by atoms with Crippen LogP contribution < -0.4 is 5.32 Å². The van der Waals surface area contributed by atoms with Gasteiger partial charge >= 0.3 is 17.9 Å². The number of carboxylic acids is 1. The minimum Gasteiger partial charge on any atom is -0.478 e. The number of ether oxygens (including phenoxy) is 1. The van der Waals surface area contributed by atoms with Crippen molar-refractivity contribution in [2.75, 3.05) is 5.32 Å². The van der Waals surface area contributed by atoms with Crippen LogP contribution in [0.3, 0.4) is 0 Å². The van der Waals surface area contributed by atoms with Gasteiger partial charge in [-0.25, -0.2) is 14.4 Å². The SMILES string of the molecule is O=C(Nc1ccccc1C(=O)O)c1ccc2c(c1)C(=O)OC2=O. The summed E-state index contributed by atoms with van der Waals surface area (Å²) in [5.41, 5.74) is 0.281. The van der Waals surface area contributed by atoms with Crippen LogP contribution in [0.2, 0.25) is 0 Å². The van der Waals surface area contributed by atoms with Gasteiger partial charge in [-0.15, -0.1) is 0 Å². The van der Waals surface area contributed by atoms with Crippen molar-refractivity contribution in [1.29, 1.82) is 0 Å². The zero-order valence-electron chi connectivity index (χ0n) is 11.5. The second-order valence-corrected chi connectivity index (χ2v) is 4.74. The number of hydrogen-bond acceptors (Lipinski definition) is 5. The van der Waals surface area contributed by atoms with E-state index >= 15 is 0 Å². The fourth-order valence-electron chi connectivity index (χ4n) is 2.20. The Morgan fingerprint density at radius 3 is 2.39 bits per heavy atom. The second kappa shape index (κ2) is 5.38. The van der Waals surface area contributed by atoms with Gasteiger partial charge in [0.15, 0.2) is 0 Å². The first-order valence-corrected chi connectivity index (χ1v) is 6.51. The van der Waals surface area contributed by atoms with E-state index in [9.17, 15) is 19.2 Å². The molecule has 0 fully saturated rings. The van der Waals surface area contributed by atoms with Gasteiger partial charge in [0, 0.05) is 5.56 Å². The summed E-state index contributed by atoms with van der Waals surface area (Å²) in [6.07, 6.45) is 0. The number of aromatic carboxylic acids is 1. The molecule has 1 aliphatic rings. The summed E-state index contributed by atoms with van der Waals surface area (Å²) < 4.78 is 4.45. The summed E-state index contributed by atoms with van der Waals surface area (Å²) in [6, 6.07) is 9.85. The van der Waals surface area contributed by atoms with Gasteiger partial charge in [0.25, 0.3) is 5.91 Å². The molecule has 0 aliphatic carbocycles. The molecule has 7 nitrogen and oxygen atoms in total. The molecule has 0 bridgehead atoms. The van der Waals surface area contributed by atoms with Crippen molar-refractivity contribution in [3.63, 3.8) is 0 Å². The molecule has 0 unspecified atom stereocenters. The van der Waals surface area contributed by atoms with Crippen molar-refractivity contribution < 1.29 is 29.0 Å². The van der Waals surface area contributed by atoms with Gasteiger partial charge < -0.3 is 15.2 Å². The molecule has 1 aliphatic heterocycles. The number of amides is 1. The highest BCUT2D eigenvalue weighted by Crippen LogP contribution is 2.22. The molecule has 0 radical (unpaired) electrons. The number of para-hydroxylation sites is 1. The number of esters is 2. The molecule has 114 valence electrons. The predicted octanol–water partition coefficient (Wildman–Crippen LogP) is 1.95. The highest BCUT2D eigenvalue weighted by Gasteiger charge is 2.30. The highest BCUT2D eigenvalue weighted by atomic mass is 16.6. The molecule has 2 aromatic rings. The number of benzene rings is 2. The van der Waals surface area contributed by atoms with Gasteiger partial charge in [-0.3, -0.25) is 4.79 Å². The van der Waals surface area contributed by atoms with Crippen molar-refractivity contribution in [1.82, 2.24) is 0 Å². The van der Waals surface area contributed by atoms with Crippen LogP contribution in [0, 0.1) is 0 Å². The molecule has 0 aromatic heterocycles. The lowest BCUT2D eigenvalue weighted by Crippen LogP contribution is -2.15. The number of nitrogens with one attached hydrogen (secondary N) is 1. The molecular weight excluding hydrogens is 302 g/mol. The van der Waals surface area contributed by atoms with E-state index in [1.54, 1.807) is 6.07 Å². The zero-order chi connectivity index (χ0) is 16.6. The number of fused-ring (bicyclic) bond motifs is 1. The van der Waals surface area contributed by atoms with Crippen LogP contribution in [-0.4, -0.2) is 28.9 Å². The Balaban J connectivity index is 1.91. The molecule has 2 aromatic carbocycles. The number of rotatable bonds is 3. The Labute approximate surface area is 129 Å². The third kappa shape index (κ3) is 2.55. The first-order chi connectivity index (χ1) is 11.0. The van der Waals surface area contributed by atoms with E-state index in [2.05, 4.69) is 10.1 Å². The quantitative estimate of drug-likeness (QED) is 0.662. The van der Waals surface area contributed by atoms with Crippen molar-refractivity contribution in [3.8, 4) is 0 Å². The minimum atomic E-state index is -1.18. The number of carboxylic acid groups (broad SMARTS) is 1. The average Bonchev–Trinajstić information content (AvgIpc) is 2.82. The summed E-state index contributed by atoms with van der Waals surface area (Å²) in [4.78, 5) is 46.2. The molecule has 7 heteroatoms. The lowest BCUT2D eigenvalue weighted by molar-refractivity contribution is 0.0443. The van der Waals surface area contributed by atoms with Gasteiger partial charge in [0.1, 0.15) is 0 Å². The maximum Gasteiger partial charge on any atom is 0.346 e. The molecule has 0 atom stereocenters. The number of cyclic esters (lactones) is 2. The van der Waals surface area contributed by atoms with E-state index in [1.165, 1.54) is 36.4 Å². The lowest BCUT2D eigenvalue weighted by atomic mass is 10.0. The van der Waals surface area contributed by atoms with Crippen LogP contribution in [0.5, 0.6) is 0 Å². The van der Waals surface area contributed by atoms with E-state index < -0.39 is 23.8 Å². The van der Waals surface area contributed by atoms with Crippen LogP contribution in [0.25, 0.3) is 0 Å². The Bertz CT molecular complexity index is 871. The van der Waals surface area contributed by atoms with Crippen LogP contribution in [0.1, 0.15) is 41.4 Å². The first kappa shape index (κ1) is 14.5. The summed E-state index contributed by atoms with van der Waals surface area (Å²) in [6.45, 7) is 0. The number of hydrogen-bond donors (Lipinski definition) is 2. The molecule has 0 saturated carbocycles. The van der Waals surface area contributed by atoms with Gasteiger partial charge in [-0.2, -0.15) is 0 Å². The van der Waals surface area contributed by atoms with Gasteiger partial charge in [0.2, 0.25) is 0 Å². The molecular formula is C16H9NO6. The molecule has 3 rings (SSSR count). The summed E-state index contributed by atoms with van der Waals surface area (Å²) >= 11 is 0. The van der Waals surface area contributed by atoms with Crippen molar-refractivity contribution in [2.45, 2.75) is 0 Å². The summed E-state index contributed by atoms with van der Waals surface area (Å²) in [5.74, 6) is -3.35. The summed E-state index contributed by atoms with van der Waals surface area (Å²) in [7, 11) is 0. The van der Waals surface area contributed by atoms with Gasteiger partial charge in [0.05, 0.1) is 22.4 Å². The van der Waals surface area contributed by atoms with Crippen LogP contribution in [0.4, 0.5) is 5.69 Å². The third-order valence-electron chi connectivity index (χ3n) is 3.31. The number of anilines is 1. The van der Waals surface area contributed by atoms with Crippen LogP contribution in [-0.2, 0) is 4.74 Å². The van der Waals surface area contributed by atoms with Crippen LogP contribution >= 0.6 is 0 Å². The topological polar surface area (TPSA) is 110 Å². The predicted molar refractivity (Wildman–Crippen MR) is 77.5 cm³/mol. The monoisotopic (exact) mass is 311 g/mol. The van der Waals surface area contributed by atoms with Gasteiger partial charge in [-0.1, -0.05) is 12.1 Å². The van der Waals surface area contributed by atoms with E-state index in [-0.39, 0.29) is 27.9 Å². The normalized spacial score (nSPS) is 12.5. The number of carbonyl (C=O) groups excluding carboxylic acids is 3. The second-order valence-electron chi connectivity index (χ2n) is 4.74. The highest BCUT2D eigenvalue weighted by molar-refractivity contribution is 6.16. The van der Waals surface area contributed by atoms with E-state index in [1.807, 2.05) is 0 Å². The van der Waals surface area contributed by atoms with Gasteiger partial charge in [-0.05, 0) is 30.3 Å². The lowest BCUT2D eigenvalue weighted by Gasteiger charge is -2.08. The molecule has 23 heavy (non-hydrogen) atoms.